The summed E-state index contributed by atoms with van der Waals surface area (Å²) in [4.78, 5) is 7.01. The van der Waals surface area contributed by atoms with Crippen molar-refractivity contribution in [3.8, 4) is 22.3 Å². The number of pyridine rings is 1. The van der Waals surface area contributed by atoms with Crippen LogP contribution in [-0.4, -0.2) is 43.8 Å². The number of hydrogen-bond donors (Lipinski definition) is 0. The van der Waals surface area contributed by atoms with Crippen LogP contribution in [0.5, 0.6) is 0 Å². The van der Waals surface area contributed by atoms with Crippen LogP contribution in [0.1, 0.15) is 30.9 Å². The van der Waals surface area contributed by atoms with Crippen molar-refractivity contribution >= 4 is 53.0 Å². The lowest BCUT2D eigenvalue weighted by Gasteiger charge is -2.28. The lowest BCUT2D eigenvalue weighted by molar-refractivity contribution is 0.151. The monoisotopic (exact) mass is 599 g/mol. The number of benzene rings is 1. The molecule has 5 nitrogen and oxygen atoms in total. The highest BCUT2D eigenvalue weighted by Crippen LogP contribution is 2.38. The molecular weight excluding hydrogens is 579 g/mol. The molecule has 0 spiro atoms. The van der Waals surface area contributed by atoms with Crippen molar-refractivity contribution in [1.82, 2.24) is 23.6 Å². The molecule has 172 valence electrons. The van der Waals surface area contributed by atoms with Gasteiger partial charge in [-0.2, -0.15) is 5.10 Å². The van der Waals surface area contributed by atoms with E-state index in [9.17, 15) is 8.78 Å². The maximum absolute atomic E-state index is 13.3. The minimum absolute atomic E-state index is 0.00193. The van der Waals surface area contributed by atoms with Crippen molar-refractivity contribution in [1.29, 1.82) is 0 Å². The topological polar surface area (TPSA) is 38.9 Å². The van der Waals surface area contributed by atoms with E-state index in [1.54, 1.807) is 18.3 Å². The largest absolute Gasteiger partial charge is 0.306 e. The average molecular weight is 600 g/mol. The summed E-state index contributed by atoms with van der Waals surface area (Å²) in [5, 5.41) is 5.91. The molecule has 0 radical (unpaired) electrons. The molecule has 1 aliphatic rings. The molecule has 4 heterocycles. The third-order valence-electron chi connectivity index (χ3n) is 6.20. The Labute approximate surface area is 211 Å². The number of halogens is 4. The molecule has 0 amide bonds. The number of likely N-dealkylation sites (tertiary alicyclic amines) is 1. The quantitative estimate of drug-likeness (QED) is 0.226. The lowest BCUT2D eigenvalue weighted by atomic mass is 10.0. The summed E-state index contributed by atoms with van der Waals surface area (Å²) in [6.45, 7) is 2.07. The Morgan fingerprint density at radius 2 is 1.91 bits per heavy atom. The fourth-order valence-electron chi connectivity index (χ4n) is 4.36. The van der Waals surface area contributed by atoms with Crippen molar-refractivity contribution in [2.24, 2.45) is 0 Å². The van der Waals surface area contributed by atoms with Gasteiger partial charge in [0.05, 0.1) is 6.04 Å². The van der Waals surface area contributed by atoms with Crippen molar-refractivity contribution < 1.29 is 8.78 Å². The summed E-state index contributed by atoms with van der Waals surface area (Å²) in [5.41, 5.74) is 4.04. The zero-order valence-corrected chi connectivity index (χ0v) is 21.5. The summed E-state index contributed by atoms with van der Waals surface area (Å²) in [7, 11) is 3.61. The molecule has 1 fully saturated rings. The van der Waals surface area contributed by atoms with Gasteiger partial charge in [0.15, 0.2) is 10.8 Å². The minimum atomic E-state index is -2.52. The number of rotatable bonds is 5. The van der Waals surface area contributed by atoms with Crippen molar-refractivity contribution in [3.63, 3.8) is 0 Å². The van der Waals surface area contributed by atoms with E-state index >= 15 is 0 Å². The number of aromatic nitrogens is 4. The van der Waals surface area contributed by atoms with Crippen LogP contribution in [0.2, 0.25) is 5.15 Å². The second-order valence-electron chi connectivity index (χ2n) is 8.31. The van der Waals surface area contributed by atoms with Gasteiger partial charge in [-0.05, 0) is 50.7 Å². The molecule has 0 N–H and O–H groups in total. The van der Waals surface area contributed by atoms with Gasteiger partial charge < -0.3 is 4.90 Å². The van der Waals surface area contributed by atoms with E-state index in [1.165, 1.54) is 15.2 Å². The molecule has 10 heteroatoms. The Balaban J connectivity index is 1.57. The Bertz CT molecular complexity index is 1300. The molecule has 1 aromatic carbocycles. The third kappa shape index (κ3) is 4.52. The van der Waals surface area contributed by atoms with Gasteiger partial charge >= 0.3 is 0 Å². The van der Waals surface area contributed by atoms with Crippen molar-refractivity contribution in [3.05, 3.63) is 59.6 Å². The number of nitrogens with zero attached hydrogens (tertiary/aromatic N) is 5. The van der Waals surface area contributed by atoms with Gasteiger partial charge in [-0.1, -0.05) is 29.8 Å². The summed E-state index contributed by atoms with van der Waals surface area (Å²) in [6, 6.07) is 8.85. The SMILES string of the molecule is CN1CCC(n2cc(-c3cnc4c(c3)c(-c3cccc(C(F)F)c3)cn4SI)c(Cl)n2)CC1. The van der Waals surface area contributed by atoms with Crippen LogP contribution in [-0.2, 0) is 0 Å². The highest BCUT2D eigenvalue weighted by Gasteiger charge is 2.22. The standard InChI is InChI=1S/C23H21ClF2IN5S/c1-30-7-5-17(6-8-30)31-12-20(21(24)29-31)16-10-18-19(13-32(33-27)23(18)28-11-16)14-3-2-4-15(9-14)22(25)26/h2-4,9-13,17,22H,5-8H2,1H3. The van der Waals surface area contributed by atoms with Crippen LogP contribution in [0.15, 0.2) is 48.9 Å². The molecule has 0 saturated carbocycles. The van der Waals surface area contributed by atoms with Crippen molar-refractivity contribution in [2.45, 2.75) is 25.3 Å². The molecule has 5 rings (SSSR count). The normalized spacial score (nSPS) is 15.7. The van der Waals surface area contributed by atoms with Crippen LogP contribution < -0.4 is 0 Å². The average Bonchev–Trinajstić information content (AvgIpc) is 3.39. The van der Waals surface area contributed by atoms with Gasteiger partial charge in [-0.3, -0.25) is 8.65 Å². The second-order valence-corrected chi connectivity index (χ2v) is 10.4. The fraction of sp³-hybridized carbons (Fsp3) is 0.304. The van der Waals surface area contributed by atoms with E-state index in [2.05, 4.69) is 38.3 Å². The van der Waals surface area contributed by atoms with Gasteiger partial charge in [0.25, 0.3) is 6.43 Å². The summed E-state index contributed by atoms with van der Waals surface area (Å²) in [6.07, 6.45) is 5.29. The van der Waals surface area contributed by atoms with Crippen LogP contribution in [0.4, 0.5) is 8.78 Å². The van der Waals surface area contributed by atoms with Crippen LogP contribution >= 0.6 is 41.9 Å². The highest BCUT2D eigenvalue weighted by molar-refractivity contribution is 14.2. The molecule has 3 aromatic heterocycles. The predicted molar refractivity (Wildman–Crippen MR) is 139 cm³/mol. The third-order valence-corrected chi connectivity index (χ3v) is 8.18. The number of alkyl halides is 2. The predicted octanol–water partition coefficient (Wildman–Crippen LogP) is 7.27. The maximum atomic E-state index is 13.3. The van der Waals surface area contributed by atoms with Gasteiger partial charge in [-0.25, -0.2) is 13.8 Å². The van der Waals surface area contributed by atoms with Crippen molar-refractivity contribution in [2.75, 3.05) is 20.1 Å². The smallest absolute Gasteiger partial charge is 0.263 e. The number of fused-ring (bicyclic) bond motifs is 1. The molecule has 33 heavy (non-hydrogen) atoms. The van der Waals surface area contributed by atoms with Gasteiger partial charge in [-0.15, -0.1) is 0 Å². The van der Waals surface area contributed by atoms with E-state index in [-0.39, 0.29) is 5.56 Å². The Kier molecular flexibility index (Phi) is 6.65. The summed E-state index contributed by atoms with van der Waals surface area (Å²) < 4.78 is 30.5. The fourth-order valence-corrected chi connectivity index (χ4v) is 5.86. The van der Waals surface area contributed by atoms with Crippen LogP contribution in [0.25, 0.3) is 33.3 Å². The first-order valence-electron chi connectivity index (χ1n) is 10.6. The second kappa shape index (κ2) is 9.52. The van der Waals surface area contributed by atoms with Crippen LogP contribution in [0, 0.1) is 0 Å². The van der Waals surface area contributed by atoms with Gasteiger partial charge in [0.1, 0.15) is 0 Å². The minimum Gasteiger partial charge on any atom is -0.306 e. The van der Waals surface area contributed by atoms with Crippen LogP contribution in [0.3, 0.4) is 0 Å². The Morgan fingerprint density at radius 3 is 2.64 bits per heavy atom. The van der Waals surface area contributed by atoms with E-state index in [0.29, 0.717) is 11.2 Å². The van der Waals surface area contributed by atoms with E-state index in [1.807, 2.05) is 33.2 Å². The molecule has 0 atom stereocenters. The van der Waals surface area contributed by atoms with Gasteiger partial charge in [0, 0.05) is 76.6 Å². The Morgan fingerprint density at radius 1 is 1.12 bits per heavy atom. The van der Waals surface area contributed by atoms with E-state index < -0.39 is 6.43 Å². The molecule has 4 aromatic rings. The first kappa shape index (κ1) is 23.1. The molecule has 0 aliphatic carbocycles. The molecule has 1 aliphatic heterocycles. The summed E-state index contributed by atoms with van der Waals surface area (Å²) >= 11 is 8.75. The Hall–Kier alpha value is -1.69. The first-order valence-corrected chi connectivity index (χ1v) is 14.3. The zero-order chi connectivity index (χ0) is 23.1. The highest BCUT2D eigenvalue weighted by atomic mass is 127. The molecular formula is C23H21ClF2IN5S. The first-order chi connectivity index (χ1) is 15.9. The lowest BCUT2D eigenvalue weighted by Crippen LogP contribution is -2.31. The number of hydrogen-bond acceptors (Lipinski definition) is 4. The molecule has 1 saturated heterocycles. The van der Waals surface area contributed by atoms with E-state index in [0.717, 1.165) is 59.2 Å². The maximum Gasteiger partial charge on any atom is 0.263 e. The number of piperidine rings is 1. The zero-order valence-electron chi connectivity index (χ0n) is 17.8. The molecule has 0 bridgehead atoms. The molecule has 0 unspecified atom stereocenters. The van der Waals surface area contributed by atoms with Gasteiger partial charge in [0.2, 0.25) is 0 Å². The summed E-state index contributed by atoms with van der Waals surface area (Å²) in [5.74, 6) is 0. The van der Waals surface area contributed by atoms with E-state index in [4.69, 9.17) is 16.6 Å².